The molecule has 2 aromatic carbocycles. The van der Waals surface area contributed by atoms with Gasteiger partial charge in [0.05, 0.1) is 11.2 Å². The van der Waals surface area contributed by atoms with Crippen molar-refractivity contribution in [2.45, 2.75) is 6.92 Å². The number of phenols is 1. The summed E-state index contributed by atoms with van der Waals surface area (Å²) in [4.78, 5) is 4.22. The molecule has 0 amide bonds. The fourth-order valence-corrected chi connectivity index (χ4v) is 2.17. The standard InChI is InChI=1S/C14H13N3O/c1-9-5-2-3-6-10(9)17-11-7-4-8-12(18)13(11)16-14(17)15/h2-8,18H,1H3,(H2,15,16). The Morgan fingerprint density at radius 1 is 1.11 bits per heavy atom. The van der Waals surface area contributed by atoms with Gasteiger partial charge in [0.1, 0.15) is 11.3 Å². The molecule has 1 heterocycles. The van der Waals surface area contributed by atoms with Gasteiger partial charge in [-0.2, -0.15) is 0 Å². The van der Waals surface area contributed by atoms with Crippen molar-refractivity contribution in [3.05, 3.63) is 48.0 Å². The summed E-state index contributed by atoms with van der Waals surface area (Å²) < 4.78 is 1.85. The molecule has 0 bridgehead atoms. The largest absolute Gasteiger partial charge is 0.506 e. The zero-order chi connectivity index (χ0) is 12.7. The average Bonchev–Trinajstić information content (AvgIpc) is 2.68. The Morgan fingerprint density at radius 2 is 1.89 bits per heavy atom. The van der Waals surface area contributed by atoms with Gasteiger partial charge < -0.3 is 10.8 Å². The van der Waals surface area contributed by atoms with Crippen LogP contribution in [0.1, 0.15) is 5.56 Å². The highest BCUT2D eigenvalue weighted by Gasteiger charge is 2.13. The lowest BCUT2D eigenvalue weighted by atomic mass is 10.2. The molecule has 0 fully saturated rings. The summed E-state index contributed by atoms with van der Waals surface area (Å²) in [6, 6.07) is 13.2. The maximum absolute atomic E-state index is 9.79. The number of para-hydroxylation sites is 2. The third-order valence-corrected chi connectivity index (χ3v) is 3.05. The second-order valence-corrected chi connectivity index (χ2v) is 4.24. The van der Waals surface area contributed by atoms with Crippen molar-refractivity contribution in [3.63, 3.8) is 0 Å². The summed E-state index contributed by atoms with van der Waals surface area (Å²) in [5.41, 5.74) is 9.38. The number of aromatic hydroxyl groups is 1. The van der Waals surface area contributed by atoms with Crippen molar-refractivity contribution in [2.75, 3.05) is 5.73 Å². The van der Waals surface area contributed by atoms with Crippen LogP contribution in [-0.2, 0) is 0 Å². The fourth-order valence-electron chi connectivity index (χ4n) is 2.17. The molecular formula is C14H13N3O. The van der Waals surface area contributed by atoms with Crippen molar-refractivity contribution in [2.24, 2.45) is 0 Å². The van der Waals surface area contributed by atoms with Crippen LogP contribution in [0.4, 0.5) is 5.95 Å². The lowest BCUT2D eigenvalue weighted by Gasteiger charge is -2.09. The van der Waals surface area contributed by atoms with E-state index in [0.29, 0.717) is 11.5 Å². The number of benzene rings is 2. The van der Waals surface area contributed by atoms with E-state index in [1.54, 1.807) is 12.1 Å². The molecule has 90 valence electrons. The fraction of sp³-hybridized carbons (Fsp3) is 0.0714. The molecule has 0 aliphatic carbocycles. The van der Waals surface area contributed by atoms with Gasteiger partial charge in [0, 0.05) is 0 Å². The van der Waals surface area contributed by atoms with Crippen LogP contribution in [0.15, 0.2) is 42.5 Å². The first-order chi connectivity index (χ1) is 8.68. The number of aryl methyl sites for hydroxylation is 1. The van der Waals surface area contributed by atoms with E-state index in [-0.39, 0.29) is 5.75 Å². The second kappa shape index (κ2) is 3.77. The molecule has 3 N–H and O–H groups in total. The first kappa shape index (κ1) is 10.7. The number of nitrogens with zero attached hydrogens (tertiary/aromatic N) is 2. The van der Waals surface area contributed by atoms with Crippen molar-refractivity contribution < 1.29 is 5.11 Å². The summed E-state index contributed by atoms with van der Waals surface area (Å²) in [6.45, 7) is 2.02. The number of imidazole rings is 1. The Morgan fingerprint density at radius 3 is 2.67 bits per heavy atom. The Hall–Kier alpha value is -2.49. The number of anilines is 1. The zero-order valence-corrected chi connectivity index (χ0v) is 9.96. The second-order valence-electron chi connectivity index (χ2n) is 4.24. The summed E-state index contributed by atoms with van der Waals surface area (Å²) in [5, 5.41) is 9.79. The third-order valence-electron chi connectivity index (χ3n) is 3.05. The van der Waals surface area contributed by atoms with Gasteiger partial charge in [0.2, 0.25) is 5.95 Å². The molecule has 0 spiro atoms. The van der Waals surface area contributed by atoms with Crippen LogP contribution in [0.2, 0.25) is 0 Å². The molecule has 0 saturated carbocycles. The molecule has 3 rings (SSSR count). The number of nitrogen functional groups attached to an aromatic ring is 1. The maximum atomic E-state index is 9.79. The smallest absolute Gasteiger partial charge is 0.206 e. The molecule has 0 unspecified atom stereocenters. The Labute approximate surface area is 104 Å². The molecule has 0 saturated heterocycles. The number of hydrogen-bond donors (Lipinski definition) is 2. The van der Waals surface area contributed by atoms with E-state index in [1.807, 2.05) is 41.8 Å². The Bertz CT molecular complexity index is 731. The topological polar surface area (TPSA) is 64.1 Å². The molecular weight excluding hydrogens is 226 g/mol. The number of hydrogen-bond acceptors (Lipinski definition) is 3. The SMILES string of the molecule is Cc1ccccc1-n1c(N)nc2c(O)cccc21. The van der Waals surface area contributed by atoms with Gasteiger partial charge in [-0.15, -0.1) is 0 Å². The number of phenolic OH excluding ortho intramolecular Hbond substituents is 1. The van der Waals surface area contributed by atoms with Crippen molar-refractivity contribution in [3.8, 4) is 11.4 Å². The number of rotatable bonds is 1. The predicted octanol–water partition coefficient (Wildman–Crippen LogP) is 2.62. The number of nitrogens with two attached hydrogens (primary N) is 1. The van der Waals surface area contributed by atoms with Crippen LogP contribution >= 0.6 is 0 Å². The quantitative estimate of drug-likeness (QED) is 0.686. The van der Waals surface area contributed by atoms with E-state index in [9.17, 15) is 5.11 Å². The third kappa shape index (κ3) is 1.43. The normalized spacial score (nSPS) is 10.9. The number of fused-ring (bicyclic) bond motifs is 1. The highest BCUT2D eigenvalue weighted by atomic mass is 16.3. The Kier molecular flexibility index (Phi) is 2.23. The molecule has 1 aromatic heterocycles. The van der Waals surface area contributed by atoms with Crippen molar-refractivity contribution >= 4 is 17.0 Å². The average molecular weight is 239 g/mol. The molecule has 0 atom stereocenters. The molecule has 18 heavy (non-hydrogen) atoms. The van der Waals surface area contributed by atoms with Crippen molar-refractivity contribution in [1.82, 2.24) is 9.55 Å². The van der Waals surface area contributed by atoms with E-state index in [1.165, 1.54) is 0 Å². The van der Waals surface area contributed by atoms with Crippen molar-refractivity contribution in [1.29, 1.82) is 0 Å². The van der Waals surface area contributed by atoms with E-state index >= 15 is 0 Å². The Balaban J connectivity index is 2.40. The van der Waals surface area contributed by atoms with E-state index in [0.717, 1.165) is 16.8 Å². The summed E-state index contributed by atoms with van der Waals surface area (Å²) >= 11 is 0. The molecule has 0 aliphatic rings. The maximum Gasteiger partial charge on any atom is 0.206 e. The van der Waals surface area contributed by atoms with E-state index in [4.69, 9.17) is 5.73 Å². The van der Waals surface area contributed by atoms with Crippen LogP contribution in [0, 0.1) is 6.92 Å². The first-order valence-electron chi connectivity index (χ1n) is 5.70. The van der Waals surface area contributed by atoms with Gasteiger partial charge in [-0.1, -0.05) is 24.3 Å². The monoisotopic (exact) mass is 239 g/mol. The van der Waals surface area contributed by atoms with Gasteiger partial charge in [0.15, 0.2) is 0 Å². The van der Waals surface area contributed by atoms with E-state index in [2.05, 4.69) is 4.98 Å². The number of aromatic nitrogens is 2. The lowest BCUT2D eigenvalue weighted by Crippen LogP contribution is -2.02. The minimum atomic E-state index is 0.145. The van der Waals surface area contributed by atoms with Crippen LogP contribution in [0.5, 0.6) is 5.75 Å². The highest BCUT2D eigenvalue weighted by Crippen LogP contribution is 2.29. The van der Waals surface area contributed by atoms with Crippen LogP contribution in [-0.4, -0.2) is 14.7 Å². The lowest BCUT2D eigenvalue weighted by molar-refractivity contribution is 0.480. The minimum Gasteiger partial charge on any atom is -0.506 e. The van der Waals surface area contributed by atoms with Gasteiger partial charge in [-0.25, -0.2) is 4.98 Å². The summed E-state index contributed by atoms with van der Waals surface area (Å²) in [6.07, 6.45) is 0. The summed E-state index contributed by atoms with van der Waals surface area (Å²) in [5.74, 6) is 0.521. The molecule has 0 aliphatic heterocycles. The highest BCUT2D eigenvalue weighted by molar-refractivity contribution is 5.86. The first-order valence-corrected chi connectivity index (χ1v) is 5.70. The van der Waals surface area contributed by atoms with Crippen LogP contribution < -0.4 is 5.73 Å². The van der Waals surface area contributed by atoms with Crippen LogP contribution in [0.25, 0.3) is 16.7 Å². The van der Waals surface area contributed by atoms with E-state index < -0.39 is 0 Å². The molecule has 3 aromatic rings. The summed E-state index contributed by atoms with van der Waals surface area (Å²) in [7, 11) is 0. The van der Waals surface area contributed by atoms with Crippen LogP contribution in [0.3, 0.4) is 0 Å². The molecule has 4 heteroatoms. The van der Waals surface area contributed by atoms with Gasteiger partial charge in [0.25, 0.3) is 0 Å². The molecule has 4 nitrogen and oxygen atoms in total. The van der Waals surface area contributed by atoms with Gasteiger partial charge in [-0.05, 0) is 30.7 Å². The van der Waals surface area contributed by atoms with Gasteiger partial charge >= 0.3 is 0 Å². The van der Waals surface area contributed by atoms with Gasteiger partial charge in [-0.3, -0.25) is 4.57 Å². The molecule has 0 radical (unpaired) electrons. The zero-order valence-electron chi connectivity index (χ0n) is 9.96. The minimum absolute atomic E-state index is 0.145. The predicted molar refractivity (Wildman–Crippen MR) is 71.9 cm³/mol.